The quantitative estimate of drug-likeness (QED) is 0.377. The molecule has 34 valence electrons. The Morgan fingerprint density at radius 2 is 1.40 bits per heavy atom. The molecular weight excluding hydrogens is 150 g/mol. The third-order valence-corrected chi connectivity index (χ3v) is 0. The number of halogens is 2. The van der Waals surface area contributed by atoms with Crippen LogP contribution in [0.3, 0.4) is 0 Å². The molecule has 1 nitrogen and oxygen atoms in total. The Bertz CT molecular complexity index is 14.4. The van der Waals surface area contributed by atoms with Crippen LogP contribution in [0.25, 0.3) is 0 Å². The van der Waals surface area contributed by atoms with Crippen LogP contribution in [-0.4, -0.2) is 4.55 Å². The van der Waals surface area contributed by atoms with Crippen LogP contribution >= 0.6 is 31.3 Å². The molecule has 0 radical (unpaired) electrons. The highest BCUT2D eigenvalue weighted by Crippen LogP contribution is 1.98. The predicted octanol–water partition coefficient (Wildman–Crippen LogP) is 1.10. The van der Waals surface area contributed by atoms with Gasteiger partial charge < -0.3 is 4.55 Å². The van der Waals surface area contributed by atoms with Crippen molar-refractivity contribution >= 4 is 40.9 Å². The lowest BCUT2D eigenvalue weighted by Gasteiger charge is -1.73. The summed E-state index contributed by atoms with van der Waals surface area (Å²) in [5.74, 6) is 0. The van der Waals surface area contributed by atoms with E-state index < -0.39 is 9.60 Å². The summed E-state index contributed by atoms with van der Waals surface area (Å²) in [6.07, 6.45) is 0. The maximum Gasteiger partial charge on any atom is 0.198 e. The number of rotatable bonds is 0. The minimum Gasteiger partial charge on any atom is -0.582 e. The van der Waals surface area contributed by atoms with Gasteiger partial charge in [0.1, 0.15) is 0 Å². The van der Waals surface area contributed by atoms with Gasteiger partial charge in [0.05, 0.1) is 0 Å². The molecule has 0 aromatic carbocycles. The van der Waals surface area contributed by atoms with Crippen LogP contribution in [0.2, 0.25) is 0 Å². The summed E-state index contributed by atoms with van der Waals surface area (Å²) < 4.78 is 9.09. The fourth-order valence-corrected chi connectivity index (χ4v) is 0. The lowest BCUT2D eigenvalue weighted by molar-refractivity contribution is 0.620. The highest BCUT2D eigenvalue weighted by molar-refractivity contribution is 8.31. The molecular formula is H3Cl2OPS. The van der Waals surface area contributed by atoms with E-state index in [2.05, 4.69) is 21.4 Å². The van der Waals surface area contributed by atoms with E-state index in [0.717, 1.165) is 0 Å². The van der Waals surface area contributed by atoms with Crippen molar-refractivity contribution in [1.82, 2.24) is 0 Å². The molecule has 1 unspecified atom stereocenters. The zero-order valence-electron chi connectivity index (χ0n) is 2.28. The van der Waals surface area contributed by atoms with Crippen molar-refractivity contribution in [1.29, 1.82) is 0 Å². The predicted molar refractivity (Wildman–Crippen MR) is 31.0 cm³/mol. The summed E-state index contributed by atoms with van der Waals surface area (Å²) in [6.45, 7) is 0. The second kappa shape index (κ2) is 5.32. The van der Waals surface area contributed by atoms with E-state index in [1.165, 1.54) is 0 Å². The molecule has 0 N–H and O–H groups in total. The maximum atomic E-state index is 9.09. The first kappa shape index (κ1) is 9.58. The Hall–Kier alpha value is 1.32. The van der Waals surface area contributed by atoms with Gasteiger partial charge in [-0.1, -0.05) is 0 Å². The van der Waals surface area contributed by atoms with Gasteiger partial charge >= 0.3 is 0 Å². The van der Waals surface area contributed by atoms with Gasteiger partial charge in [-0.2, -0.15) is 9.90 Å². The minimum absolute atomic E-state index is 0. The van der Waals surface area contributed by atoms with Crippen molar-refractivity contribution in [3.63, 3.8) is 0 Å². The van der Waals surface area contributed by atoms with E-state index in [1.807, 2.05) is 0 Å². The molecule has 0 rings (SSSR count). The number of hydrogen-bond donors (Lipinski definition) is 0. The second-order valence-corrected chi connectivity index (χ2v) is 2.71. The lowest BCUT2D eigenvalue weighted by atomic mass is 15.9. The standard InChI is InChI=1S/Cl2OS.H3P/c1-4(2)3;/h;1H3. The SMILES string of the molecule is P.[O-][S+](Cl)Cl. The Balaban J connectivity index is 0. The summed E-state index contributed by atoms with van der Waals surface area (Å²) >= 11 is 0. The van der Waals surface area contributed by atoms with Crippen LogP contribution in [0.15, 0.2) is 0 Å². The highest BCUT2D eigenvalue weighted by Gasteiger charge is 1.83. The lowest BCUT2D eigenvalue weighted by Crippen LogP contribution is -1.63. The van der Waals surface area contributed by atoms with Gasteiger partial charge in [-0.25, -0.2) is 0 Å². The van der Waals surface area contributed by atoms with Gasteiger partial charge in [-0.3, -0.25) is 0 Å². The Morgan fingerprint density at radius 1 is 1.40 bits per heavy atom. The van der Waals surface area contributed by atoms with Crippen LogP contribution < -0.4 is 0 Å². The minimum atomic E-state index is -1.67. The molecule has 0 aliphatic heterocycles. The van der Waals surface area contributed by atoms with E-state index in [9.17, 15) is 0 Å². The van der Waals surface area contributed by atoms with E-state index in [-0.39, 0.29) is 9.90 Å². The average molecular weight is 153 g/mol. The molecule has 0 aliphatic carbocycles. The second-order valence-electron chi connectivity index (χ2n) is 0.184. The van der Waals surface area contributed by atoms with Crippen LogP contribution in [-0.2, 0) is 9.60 Å². The van der Waals surface area contributed by atoms with Gasteiger partial charge in [0, 0.05) is 0 Å². The van der Waals surface area contributed by atoms with Gasteiger partial charge in [0.25, 0.3) is 0 Å². The van der Waals surface area contributed by atoms with E-state index in [1.54, 1.807) is 0 Å². The van der Waals surface area contributed by atoms with Crippen LogP contribution in [0.5, 0.6) is 0 Å². The number of hydrogen-bond acceptors (Lipinski definition) is 1. The molecule has 5 heavy (non-hydrogen) atoms. The normalized spacial score (nSPS) is 7.20. The fourth-order valence-electron chi connectivity index (χ4n) is 0. The van der Waals surface area contributed by atoms with Crippen molar-refractivity contribution in [2.24, 2.45) is 0 Å². The van der Waals surface area contributed by atoms with Crippen molar-refractivity contribution in [2.45, 2.75) is 0 Å². The Morgan fingerprint density at radius 3 is 1.40 bits per heavy atom. The van der Waals surface area contributed by atoms with Crippen molar-refractivity contribution in [2.75, 3.05) is 0 Å². The molecule has 0 amide bonds. The van der Waals surface area contributed by atoms with Gasteiger partial charge in [0.2, 0.25) is 0 Å². The van der Waals surface area contributed by atoms with Gasteiger partial charge in [-0.05, 0) is 0 Å². The first-order chi connectivity index (χ1) is 1.73. The molecule has 0 aliphatic rings. The monoisotopic (exact) mass is 152 g/mol. The zero-order chi connectivity index (χ0) is 3.58. The molecule has 0 heterocycles. The molecule has 1 atom stereocenters. The first-order valence-corrected chi connectivity index (χ1v) is 3.28. The summed E-state index contributed by atoms with van der Waals surface area (Å²) in [5.41, 5.74) is 0. The molecule has 5 heteroatoms. The largest absolute Gasteiger partial charge is 0.582 e. The topological polar surface area (TPSA) is 23.1 Å². The average Bonchev–Trinajstić information content (AvgIpc) is 0.811. The molecule has 0 saturated heterocycles. The smallest absolute Gasteiger partial charge is 0.198 e. The molecule has 0 bridgehead atoms. The highest BCUT2D eigenvalue weighted by atomic mass is 36.0. The van der Waals surface area contributed by atoms with Crippen molar-refractivity contribution < 1.29 is 4.55 Å². The molecule has 0 aromatic rings. The van der Waals surface area contributed by atoms with E-state index in [4.69, 9.17) is 4.55 Å². The van der Waals surface area contributed by atoms with Crippen molar-refractivity contribution in [3.8, 4) is 0 Å². The summed E-state index contributed by atoms with van der Waals surface area (Å²) in [5, 5.41) is 0. The molecule has 0 fully saturated rings. The van der Waals surface area contributed by atoms with E-state index in [0.29, 0.717) is 0 Å². The van der Waals surface area contributed by atoms with Crippen LogP contribution in [0.1, 0.15) is 0 Å². The molecule has 0 aromatic heterocycles. The fraction of sp³-hybridized carbons (Fsp3) is 0. The molecule has 0 spiro atoms. The van der Waals surface area contributed by atoms with E-state index >= 15 is 0 Å². The van der Waals surface area contributed by atoms with Crippen LogP contribution in [0, 0.1) is 0 Å². The van der Waals surface area contributed by atoms with Crippen molar-refractivity contribution in [3.05, 3.63) is 0 Å². The Kier molecular flexibility index (Phi) is 10.2. The summed E-state index contributed by atoms with van der Waals surface area (Å²) in [4.78, 5) is 0. The van der Waals surface area contributed by atoms with Gasteiger partial charge in [0.15, 0.2) is 31.0 Å². The first-order valence-electron chi connectivity index (χ1n) is 0.475. The zero-order valence-corrected chi connectivity index (χ0v) is 6.02. The Labute approximate surface area is 45.8 Å². The van der Waals surface area contributed by atoms with Crippen LogP contribution in [0.4, 0.5) is 0 Å². The third kappa shape index (κ3) is 33.7. The summed E-state index contributed by atoms with van der Waals surface area (Å²) in [7, 11) is 7.36. The van der Waals surface area contributed by atoms with Gasteiger partial charge in [-0.15, -0.1) is 0 Å². The third-order valence-electron chi connectivity index (χ3n) is 0. The maximum absolute atomic E-state index is 9.09. The summed E-state index contributed by atoms with van der Waals surface area (Å²) in [6, 6.07) is 0. The molecule has 0 saturated carbocycles.